The largest absolute Gasteiger partial charge is 0.505 e. The van der Waals surface area contributed by atoms with E-state index in [4.69, 9.17) is 4.74 Å². The Bertz CT molecular complexity index is 1820. The summed E-state index contributed by atoms with van der Waals surface area (Å²) < 4.78 is 6.32. The Hall–Kier alpha value is -6.14. The summed E-state index contributed by atoms with van der Waals surface area (Å²) in [4.78, 5) is 25.5. The Kier molecular flexibility index (Phi) is 6.58. The standard InChI is InChI=1S/C27H17N9O3/c1-39-18-9-7-17(8-10-18)32-25(38)20-13-16-5-2-3-6-19(16)23(24(20)37)34-35-27-33-21(14-28)22(15-29)36(27)26-30-11-4-12-31-26/h2-13,37H,1H3,(H,32,38). The second-order valence-electron chi connectivity index (χ2n) is 7.94. The number of fused-ring (bicyclic) bond motifs is 1. The van der Waals surface area contributed by atoms with E-state index in [1.54, 1.807) is 67.8 Å². The number of hydrogen-bond donors (Lipinski definition) is 2. The number of nitrogens with zero attached hydrogens (tertiary/aromatic N) is 8. The van der Waals surface area contributed by atoms with Crippen molar-refractivity contribution in [1.29, 1.82) is 10.5 Å². The van der Waals surface area contributed by atoms with Gasteiger partial charge in [-0.1, -0.05) is 24.3 Å². The van der Waals surface area contributed by atoms with Crippen LogP contribution in [0.2, 0.25) is 0 Å². The number of anilines is 1. The van der Waals surface area contributed by atoms with Crippen molar-refractivity contribution in [3.8, 4) is 29.6 Å². The molecule has 39 heavy (non-hydrogen) atoms. The number of benzene rings is 3. The van der Waals surface area contributed by atoms with E-state index in [1.807, 2.05) is 12.1 Å². The van der Waals surface area contributed by atoms with E-state index in [9.17, 15) is 20.4 Å². The number of nitriles is 2. The van der Waals surface area contributed by atoms with E-state index >= 15 is 0 Å². The van der Waals surface area contributed by atoms with Crippen LogP contribution in [0.15, 0.2) is 83.3 Å². The second-order valence-corrected chi connectivity index (χ2v) is 7.94. The highest BCUT2D eigenvalue weighted by Crippen LogP contribution is 2.40. The lowest BCUT2D eigenvalue weighted by Gasteiger charge is -2.11. The molecule has 0 atom stereocenters. The number of methoxy groups -OCH3 is 1. The number of carbonyl (C=O) groups excluding carboxylic acids is 1. The molecule has 0 bridgehead atoms. The van der Waals surface area contributed by atoms with Gasteiger partial charge in [0.05, 0.1) is 12.7 Å². The highest BCUT2D eigenvalue weighted by Gasteiger charge is 2.22. The minimum absolute atomic E-state index is 0.00599. The van der Waals surface area contributed by atoms with Gasteiger partial charge in [0.1, 0.15) is 23.6 Å². The number of hydrogen-bond acceptors (Lipinski definition) is 10. The molecule has 2 heterocycles. The zero-order valence-corrected chi connectivity index (χ0v) is 20.3. The summed E-state index contributed by atoms with van der Waals surface area (Å²) >= 11 is 0. The van der Waals surface area contributed by atoms with E-state index in [-0.39, 0.29) is 34.5 Å². The third-order valence-corrected chi connectivity index (χ3v) is 5.65. The van der Waals surface area contributed by atoms with Crippen molar-refractivity contribution in [3.05, 3.63) is 90.0 Å². The molecule has 0 fully saturated rings. The van der Waals surface area contributed by atoms with Gasteiger partial charge in [-0.3, -0.25) is 4.79 Å². The molecule has 0 aliphatic carbocycles. The molecule has 0 aliphatic heterocycles. The minimum atomic E-state index is -0.572. The number of aromatic nitrogens is 4. The molecule has 5 rings (SSSR count). The van der Waals surface area contributed by atoms with Crippen molar-refractivity contribution in [2.45, 2.75) is 0 Å². The van der Waals surface area contributed by atoms with Crippen LogP contribution in [-0.2, 0) is 0 Å². The van der Waals surface area contributed by atoms with Gasteiger partial charge >= 0.3 is 0 Å². The second kappa shape index (κ2) is 10.5. The SMILES string of the molecule is COc1ccc(NC(=O)c2cc3ccccc3c(N=Nc3nc(C#N)c(C#N)n3-c3ncccn3)c2O)cc1. The van der Waals surface area contributed by atoms with E-state index in [2.05, 4.69) is 30.5 Å². The molecule has 188 valence electrons. The summed E-state index contributed by atoms with van der Waals surface area (Å²) in [6, 6.07) is 20.6. The van der Waals surface area contributed by atoms with Gasteiger partial charge in [-0.25, -0.2) is 14.5 Å². The van der Waals surface area contributed by atoms with Crippen LogP contribution in [0.1, 0.15) is 21.7 Å². The molecule has 0 aliphatic rings. The van der Waals surface area contributed by atoms with E-state index < -0.39 is 11.7 Å². The van der Waals surface area contributed by atoms with E-state index in [1.165, 1.54) is 17.0 Å². The highest BCUT2D eigenvalue weighted by atomic mass is 16.5. The summed E-state index contributed by atoms with van der Waals surface area (Å²) in [7, 11) is 1.54. The molecule has 12 heteroatoms. The van der Waals surface area contributed by atoms with Crippen molar-refractivity contribution in [2.24, 2.45) is 10.2 Å². The Balaban J connectivity index is 1.61. The van der Waals surface area contributed by atoms with Gasteiger partial charge in [0.25, 0.3) is 11.9 Å². The number of imidazole rings is 1. The van der Waals surface area contributed by atoms with E-state index in [0.717, 1.165) is 0 Å². The van der Waals surface area contributed by atoms with Crippen LogP contribution in [0.5, 0.6) is 11.5 Å². The summed E-state index contributed by atoms with van der Waals surface area (Å²) in [6.07, 6.45) is 2.92. The van der Waals surface area contributed by atoms with Gasteiger partial charge in [-0.05, 0) is 41.8 Å². The summed E-state index contributed by atoms with van der Waals surface area (Å²) in [5, 5.41) is 42.5. The maximum atomic E-state index is 13.1. The fraction of sp³-hybridized carbons (Fsp3) is 0.0370. The molecule has 12 nitrogen and oxygen atoms in total. The van der Waals surface area contributed by atoms with Crippen molar-refractivity contribution in [1.82, 2.24) is 19.5 Å². The van der Waals surface area contributed by atoms with Crippen LogP contribution in [0, 0.1) is 22.7 Å². The van der Waals surface area contributed by atoms with Gasteiger partial charge in [-0.15, -0.1) is 10.2 Å². The number of rotatable bonds is 6. The number of ether oxygens (including phenoxy) is 1. The van der Waals surface area contributed by atoms with Gasteiger partial charge in [0.2, 0.25) is 5.95 Å². The number of carbonyl (C=O) groups is 1. The Morgan fingerprint density at radius 1 is 1.03 bits per heavy atom. The number of nitrogens with one attached hydrogen (secondary N) is 1. The molecule has 0 saturated heterocycles. The van der Waals surface area contributed by atoms with E-state index in [0.29, 0.717) is 22.2 Å². The molecule has 0 spiro atoms. The molecule has 0 saturated carbocycles. The molecular formula is C27H17N9O3. The summed E-state index contributed by atoms with van der Waals surface area (Å²) in [5.74, 6) is -0.469. The first-order valence-corrected chi connectivity index (χ1v) is 11.4. The quantitative estimate of drug-likeness (QED) is 0.299. The molecular weight excluding hydrogens is 498 g/mol. The van der Waals surface area contributed by atoms with Crippen molar-refractivity contribution >= 4 is 34.0 Å². The predicted octanol–water partition coefficient (Wildman–Crippen LogP) is 4.94. The Morgan fingerprint density at radius 2 is 1.77 bits per heavy atom. The lowest BCUT2D eigenvalue weighted by Crippen LogP contribution is -2.12. The van der Waals surface area contributed by atoms with Gasteiger partial charge in [-0.2, -0.15) is 15.5 Å². The molecule has 3 aromatic carbocycles. The van der Waals surface area contributed by atoms with Gasteiger partial charge in [0.15, 0.2) is 17.1 Å². The molecule has 5 aromatic rings. The smallest absolute Gasteiger partial charge is 0.259 e. The highest BCUT2D eigenvalue weighted by molar-refractivity contribution is 6.11. The van der Waals surface area contributed by atoms with Crippen molar-refractivity contribution in [3.63, 3.8) is 0 Å². The van der Waals surface area contributed by atoms with Crippen LogP contribution < -0.4 is 10.1 Å². The lowest BCUT2D eigenvalue weighted by molar-refractivity contribution is 0.102. The Morgan fingerprint density at radius 3 is 2.46 bits per heavy atom. The first kappa shape index (κ1) is 24.5. The van der Waals surface area contributed by atoms with Gasteiger partial charge in [0, 0.05) is 23.5 Å². The number of phenols is 1. The number of aromatic hydroxyl groups is 1. The predicted molar refractivity (Wildman–Crippen MR) is 139 cm³/mol. The zero-order chi connectivity index (χ0) is 27.4. The molecule has 2 N–H and O–H groups in total. The average Bonchev–Trinajstić information content (AvgIpc) is 3.34. The van der Waals surface area contributed by atoms with Crippen LogP contribution in [0.25, 0.3) is 16.7 Å². The average molecular weight is 515 g/mol. The summed E-state index contributed by atoms with van der Waals surface area (Å²) in [6.45, 7) is 0. The topological polar surface area (TPSA) is 174 Å². The summed E-state index contributed by atoms with van der Waals surface area (Å²) in [5.41, 5.74) is 0.131. The minimum Gasteiger partial charge on any atom is -0.505 e. The molecule has 0 radical (unpaired) electrons. The normalized spacial score (nSPS) is 10.7. The Labute approximate surface area is 221 Å². The lowest BCUT2D eigenvalue weighted by atomic mass is 10.0. The third-order valence-electron chi connectivity index (χ3n) is 5.65. The molecule has 0 unspecified atom stereocenters. The number of amides is 1. The van der Waals surface area contributed by atoms with Gasteiger partial charge < -0.3 is 15.2 Å². The fourth-order valence-electron chi connectivity index (χ4n) is 3.81. The van der Waals surface area contributed by atoms with Crippen LogP contribution in [0.4, 0.5) is 17.3 Å². The zero-order valence-electron chi connectivity index (χ0n) is 20.3. The van der Waals surface area contributed by atoms with Crippen LogP contribution in [0.3, 0.4) is 0 Å². The third kappa shape index (κ3) is 4.69. The van der Waals surface area contributed by atoms with Crippen LogP contribution >= 0.6 is 0 Å². The van der Waals surface area contributed by atoms with Crippen LogP contribution in [-0.4, -0.2) is 37.6 Å². The van der Waals surface area contributed by atoms with Crippen molar-refractivity contribution in [2.75, 3.05) is 12.4 Å². The number of azo groups is 1. The number of phenolic OH excluding ortho intramolecular Hbond substituents is 1. The first-order chi connectivity index (χ1) is 19.0. The fourth-order valence-corrected chi connectivity index (χ4v) is 3.81. The van der Waals surface area contributed by atoms with Crippen molar-refractivity contribution < 1.29 is 14.6 Å². The maximum absolute atomic E-state index is 13.1. The molecule has 1 amide bonds. The molecule has 2 aromatic heterocycles. The first-order valence-electron chi connectivity index (χ1n) is 11.4. The monoisotopic (exact) mass is 515 g/mol. The maximum Gasteiger partial charge on any atom is 0.259 e.